The Labute approximate surface area is 175 Å². The van der Waals surface area contributed by atoms with E-state index in [1.54, 1.807) is 0 Å². The number of rotatable bonds is 8. The molecule has 0 spiro atoms. The van der Waals surface area contributed by atoms with Gasteiger partial charge in [0.1, 0.15) is 18.3 Å². The number of anilines is 1. The number of phosphoric acid groups is 3. The minimum atomic E-state index is -5.74. The van der Waals surface area contributed by atoms with Crippen molar-refractivity contribution >= 4 is 40.6 Å². The molecule has 0 aliphatic carbocycles. The molecule has 1 aliphatic heterocycles. The minimum Gasteiger partial charge on any atom is -0.388 e. The van der Waals surface area contributed by atoms with Gasteiger partial charge in [-0.25, -0.2) is 23.5 Å². The van der Waals surface area contributed by atoms with Crippen LogP contribution in [0.3, 0.4) is 0 Å². The predicted octanol–water partition coefficient (Wildman–Crippen LogP) is -2.07. The van der Waals surface area contributed by atoms with Gasteiger partial charge in [0.05, 0.1) is 12.9 Å². The number of nitrogen functional groups attached to an aromatic ring is 1. The lowest BCUT2D eigenvalue weighted by Gasteiger charge is -2.19. The molecule has 0 bridgehead atoms. The van der Waals surface area contributed by atoms with Crippen LogP contribution >= 0.6 is 23.5 Å². The van der Waals surface area contributed by atoms with Crippen LogP contribution in [0.4, 0.5) is 6.01 Å². The third-order valence-corrected chi connectivity index (χ3v) is 7.61. The molecule has 1 aliphatic rings. The van der Waals surface area contributed by atoms with E-state index in [1.165, 1.54) is 0 Å². The van der Waals surface area contributed by atoms with Crippen molar-refractivity contribution in [1.82, 2.24) is 14.5 Å². The highest BCUT2D eigenvalue weighted by molar-refractivity contribution is 7.66. The van der Waals surface area contributed by atoms with Gasteiger partial charge in [-0.2, -0.15) is 13.6 Å². The van der Waals surface area contributed by atoms with E-state index in [0.29, 0.717) is 0 Å². The van der Waals surface area contributed by atoms with Gasteiger partial charge in [0, 0.05) is 0 Å². The topological polar surface area (TPSA) is 296 Å². The molecule has 1 saturated heterocycles. The maximum atomic E-state index is 11.8. The van der Waals surface area contributed by atoms with Crippen LogP contribution in [0.1, 0.15) is 6.23 Å². The number of ether oxygens (including phenoxy) is 1. The van der Waals surface area contributed by atoms with Crippen molar-refractivity contribution in [3.63, 3.8) is 0 Å². The van der Waals surface area contributed by atoms with Crippen molar-refractivity contribution in [2.75, 3.05) is 12.3 Å². The number of hydrogen-bond acceptors (Lipinski definition) is 14. The van der Waals surface area contributed by atoms with Crippen LogP contribution in [0.25, 0.3) is 11.2 Å². The lowest BCUT2D eigenvalue weighted by atomic mass is 10.1. The molecular formula is C10H15N4O15P3. The number of nitrogens with zero attached hydrogens (tertiary/aromatic N) is 3. The lowest BCUT2D eigenvalue weighted by molar-refractivity contribution is -0.0503. The van der Waals surface area contributed by atoms with E-state index in [4.69, 9.17) is 25.2 Å². The Morgan fingerprint density at radius 1 is 1.09 bits per heavy atom. The highest BCUT2D eigenvalue weighted by atomic mass is 31.3. The summed E-state index contributed by atoms with van der Waals surface area (Å²) >= 11 is 0. The third-order valence-electron chi connectivity index (χ3n) is 3.80. The Kier molecular flexibility index (Phi) is 6.78. The van der Waals surface area contributed by atoms with Crippen LogP contribution in [0.15, 0.2) is 15.5 Å². The highest BCUT2D eigenvalue weighted by Gasteiger charge is 2.47. The van der Waals surface area contributed by atoms with Crippen LogP contribution in [-0.2, 0) is 31.6 Å². The molecule has 8 N–H and O–H groups in total. The molecule has 3 unspecified atom stereocenters. The number of fused-ring (bicyclic) bond motifs is 1. The number of aliphatic hydroxyl groups is 2. The first-order valence-corrected chi connectivity index (χ1v) is 12.5. The third kappa shape index (κ3) is 5.67. The first-order chi connectivity index (χ1) is 14.6. The molecule has 1 fully saturated rings. The van der Waals surface area contributed by atoms with Crippen LogP contribution in [-0.4, -0.2) is 69.2 Å². The second kappa shape index (κ2) is 8.66. The summed E-state index contributed by atoms with van der Waals surface area (Å²) in [6.45, 7) is -1.03. The van der Waals surface area contributed by atoms with E-state index in [0.717, 1.165) is 10.9 Å². The molecule has 0 amide bonds. The summed E-state index contributed by atoms with van der Waals surface area (Å²) in [6.07, 6.45) is -5.45. The number of hydrogen-bond donors (Lipinski definition) is 7. The van der Waals surface area contributed by atoms with Crippen LogP contribution in [0.2, 0.25) is 0 Å². The van der Waals surface area contributed by atoms with Gasteiger partial charge >= 0.3 is 29.1 Å². The molecular weight excluding hydrogens is 509 g/mol. The van der Waals surface area contributed by atoms with E-state index < -0.39 is 66.3 Å². The fourth-order valence-electron chi connectivity index (χ4n) is 2.63. The van der Waals surface area contributed by atoms with Gasteiger partial charge in [0.15, 0.2) is 17.4 Å². The van der Waals surface area contributed by atoms with Crippen molar-refractivity contribution in [1.29, 1.82) is 0 Å². The molecule has 32 heavy (non-hydrogen) atoms. The number of phosphoric ester groups is 1. The van der Waals surface area contributed by atoms with Gasteiger partial charge in [-0.15, -0.1) is 0 Å². The monoisotopic (exact) mass is 524 g/mol. The molecule has 0 radical (unpaired) electrons. The Balaban J connectivity index is 1.72. The molecule has 3 rings (SSSR count). The molecule has 22 heteroatoms. The van der Waals surface area contributed by atoms with Crippen LogP contribution in [0, 0.1) is 0 Å². The maximum Gasteiger partial charge on any atom is 0.490 e. The summed E-state index contributed by atoms with van der Waals surface area (Å²) in [5.41, 5.74) is 3.96. The van der Waals surface area contributed by atoms with Gasteiger partial charge in [-0.1, -0.05) is 0 Å². The van der Waals surface area contributed by atoms with Crippen molar-refractivity contribution < 1.29 is 65.8 Å². The maximum absolute atomic E-state index is 11.8. The zero-order chi connectivity index (χ0) is 24.1. The van der Waals surface area contributed by atoms with Gasteiger partial charge in [0.2, 0.25) is 0 Å². The zero-order valence-corrected chi connectivity index (χ0v) is 17.9. The SMILES string of the molecule is Nc1nc2c(ncn2[C@@H]2O[C@H](COP(=O)(O)OP(=O)(O)OP(=O)(O)O)C(O)[C@@H]2O)c(=O)o1. The standard InChI is InChI=1S/C10H15N4O15P3/c11-10-13-7-4(9(17)27-10)12-2-14(7)8-6(16)5(15)3(26-8)1-25-31(21,22)29-32(23,24)28-30(18,19)20/h2-3,5-6,8,15-16H,1H2,(H2,11,13)(H,21,22)(H,23,24)(H2,18,19,20)/t3-,5?,6+,8-/m1/s1. The summed E-state index contributed by atoms with van der Waals surface area (Å²) in [5.74, 6) is 0. The summed E-state index contributed by atoms with van der Waals surface area (Å²) in [4.78, 5) is 54.8. The highest BCUT2D eigenvalue weighted by Crippen LogP contribution is 2.66. The van der Waals surface area contributed by atoms with Crippen molar-refractivity contribution in [2.45, 2.75) is 24.5 Å². The Morgan fingerprint density at radius 2 is 1.75 bits per heavy atom. The quantitative estimate of drug-likeness (QED) is 0.182. The molecule has 3 heterocycles. The largest absolute Gasteiger partial charge is 0.490 e. The predicted molar refractivity (Wildman–Crippen MR) is 96.2 cm³/mol. The van der Waals surface area contributed by atoms with E-state index in [1.807, 2.05) is 0 Å². The Hall–Kier alpha value is -1.56. The molecule has 2 aromatic heterocycles. The average molecular weight is 524 g/mol. The summed E-state index contributed by atoms with van der Waals surface area (Å²) in [7, 11) is -16.8. The number of aromatic nitrogens is 3. The van der Waals surface area contributed by atoms with Crippen molar-refractivity contribution in [3.8, 4) is 0 Å². The van der Waals surface area contributed by atoms with Crippen LogP contribution < -0.4 is 11.4 Å². The second-order valence-corrected chi connectivity index (χ2v) is 10.5. The van der Waals surface area contributed by atoms with Crippen LogP contribution in [0.5, 0.6) is 0 Å². The van der Waals surface area contributed by atoms with E-state index in [2.05, 4.69) is 27.5 Å². The van der Waals surface area contributed by atoms with Gasteiger partial charge in [-0.3, -0.25) is 9.09 Å². The summed E-state index contributed by atoms with van der Waals surface area (Å²) < 4.78 is 56.1. The molecule has 0 aromatic carbocycles. The minimum absolute atomic E-state index is 0.177. The number of imidazole rings is 1. The summed E-state index contributed by atoms with van der Waals surface area (Å²) in [6, 6.07) is -0.526. The van der Waals surface area contributed by atoms with Gasteiger partial charge < -0.3 is 44.7 Å². The van der Waals surface area contributed by atoms with E-state index in [-0.39, 0.29) is 11.2 Å². The molecule has 0 saturated carbocycles. The lowest BCUT2D eigenvalue weighted by Crippen LogP contribution is -2.33. The molecule has 19 nitrogen and oxygen atoms in total. The average Bonchev–Trinajstić information content (AvgIpc) is 3.12. The molecule has 2 aromatic rings. The van der Waals surface area contributed by atoms with Crippen molar-refractivity contribution in [3.05, 3.63) is 16.7 Å². The van der Waals surface area contributed by atoms with Gasteiger partial charge in [-0.05, 0) is 0 Å². The molecule has 180 valence electrons. The zero-order valence-electron chi connectivity index (χ0n) is 15.2. The summed E-state index contributed by atoms with van der Waals surface area (Å²) in [5, 5.41) is 20.4. The fourth-order valence-corrected chi connectivity index (χ4v) is 5.66. The normalized spacial score (nSPS) is 27.9. The Morgan fingerprint density at radius 3 is 2.38 bits per heavy atom. The fraction of sp³-hybridized carbons (Fsp3) is 0.500. The van der Waals surface area contributed by atoms with E-state index in [9.17, 15) is 33.6 Å². The Bertz CT molecular complexity index is 1210. The smallest absolute Gasteiger partial charge is 0.388 e. The molecule has 6 atom stereocenters. The number of nitrogens with two attached hydrogens (primary N) is 1. The first-order valence-electron chi connectivity index (χ1n) is 8.02. The second-order valence-electron chi connectivity index (χ2n) is 6.10. The van der Waals surface area contributed by atoms with Gasteiger partial charge in [0.25, 0.3) is 6.01 Å². The first kappa shape index (κ1) is 25.1. The van der Waals surface area contributed by atoms with E-state index >= 15 is 0 Å². The van der Waals surface area contributed by atoms with Crippen molar-refractivity contribution in [2.24, 2.45) is 0 Å². The number of aliphatic hydroxyl groups excluding tert-OH is 2.